The number of carbonyl (C=O) groups excluding carboxylic acids is 1. The van der Waals surface area contributed by atoms with E-state index in [1.807, 2.05) is 6.92 Å². The minimum absolute atomic E-state index is 0.0278. The third-order valence-corrected chi connectivity index (χ3v) is 3.17. The highest BCUT2D eigenvalue weighted by molar-refractivity contribution is 5.95. The molecule has 0 bridgehead atoms. The summed E-state index contributed by atoms with van der Waals surface area (Å²) in [6.45, 7) is 6.29. The van der Waals surface area contributed by atoms with Crippen molar-refractivity contribution >= 4 is 11.7 Å². The molecule has 0 aliphatic heterocycles. The van der Waals surface area contributed by atoms with Crippen LogP contribution in [0, 0.1) is 11.7 Å². The van der Waals surface area contributed by atoms with Gasteiger partial charge in [0, 0.05) is 19.3 Å². The van der Waals surface area contributed by atoms with Crippen molar-refractivity contribution < 1.29 is 9.18 Å². The van der Waals surface area contributed by atoms with Gasteiger partial charge >= 0.3 is 0 Å². The molecule has 0 saturated heterocycles. The summed E-state index contributed by atoms with van der Waals surface area (Å²) in [6, 6.07) is 1.43. The lowest BCUT2D eigenvalue weighted by Crippen LogP contribution is -2.33. The quantitative estimate of drug-likeness (QED) is 0.807. The molecule has 0 fully saturated rings. The maximum absolute atomic E-state index is 13.9. The number of anilines is 1. The number of rotatable bonds is 7. The van der Waals surface area contributed by atoms with Crippen LogP contribution in [-0.2, 0) is 0 Å². The Bertz CT molecular complexity index is 449. The van der Waals surface area contributed by atoms with E-state index in [4.69, 9.17) is 0 Å². The van der Waals surface area contributed by atoms with Crippen LogP contribution in [0.1, 0.15) is 50.4 Å². The number of hydrogen-bond donors (Lipinski definition) is 2. The Morgan fingerprint density at radius 2 is 2.05 bits per heavy atom. The first-order valence-corrected chi connectivity index (χ1v) is 7.08. The van der Waals surface area contributed by atoms with Crippen LogP contribution >= 0.6 is 0 Å². The molecule has 1 aromatic heterocycles. The summed E-state index contributed by atoms with van der Waals surface area (Å²) in [5.41, 5.74) is 0.0278. The van der Waals surface area contributed by atoms with E-state index in [2.05, 4.69) is 29.5 Å². The van der Waals surface area contributed by atoms with Crippen molar-refractivity contribution in [1.82, 2.24) is 10.3 Å². The van der Waals surface area contributed by atoms with Crippen LogP contribution in [0.25, 0.3) is 0 Å². The zero-order chi connectivity index (χ0) is 15.1. The third kappa shape index (κ3) is 4.79. The number of nitrogens with zero attached hydrogens (tertiary/aromatic N) is 1. The standard InChI is InChI=1S/C15H24FN3O/c1-10(2)6-5-7-11(3)19-15(20)12-8-9-18-14(17-4)13(12)16/h8-11H,5-7H2,1-4H3,(H,17,18)(H,19,20). The fourth-order valence-corrected chi connectivity index (χ4v) is 2.00. The second-order valence-corrected chi connectivity index (χ2v) is 5.47. The summed E-state index contributed by atoms with van der Waals surface area (Å²) in [6.07, 6.45) is 4.51. The number of carbonyl (C=O) groups is 1. The fraction of sp³-hybridized carbons (Fsp3) is 0.600. The average Bonchev–Trinajstić information content (AvgIpc) is 2.38. The lowest BCUT2D eigenvalue weighted by Gasteiger charge is -2.15. The molecular formula is C15H24FN3O. The van der Waals surface area contributed by atoms with Crippen molar-refractivity contribution in [2.45, 2.75) is 46.1 Å². The Morgan fingerprint density at radius 1 is 1.35 bits per heavy atom. The summed E-state index contributed by atoms with van der Waals surface area (Å²) in [5.74, 6) is -0.251. The van der Waals surface area contributed by atoms with Crippen molar-refractivity contribution in [3.05, 3.63) is 23.6 Å². The molecule has 1 amide bonds. The van der Waals surface area contributed by atoms with Crippen molar-refractivity contribution in [1.29, 1.82) is 0 Å². The number of pyridine rings is 1. The van der Waals surface area contributed by atoms with Crippen LogP contribution in [-0.4, -0.2) is 24.0 Å². The molecule has 0 aromatic carbocycles. The molecule has 1 heterocycles. The van der Waals surface area contributed by atoms with Crippen LogP contribution in [0.15, 0.2) is 12.3 Å². The number of amides is 1. The molecular weight excluding hydrogens is 257 g/mol. The summed E-state index contributed by atoms with van der Waals surface area (Å²) in [5, 5.41) is 5.45. The molecule has 1 unspecified atom stereocenters. The first kappa shape index (κ1) is 16.4. The Morgan fingerprint density at radius 3 is 2.65 bits per heavy atom. The van der Waals surface area contributed by atoms with Gasteiger partial charge in [-0.2, -0.15) is 0 Å². The van der Waals surface area contributed by atoms with Gasteiger partial charge < -0.3 is 10.6 Å². The van der Waals surface area contributed by atoms with E-state index in [1.165, 1.54) is 12.3 Å². The van der Waals surface area contributed by atoms with E-state index in [-0.39, 0.29) is 17.4 Å². The van der Waals surface area contributed by atoms with Gasteiger partial charge in [-0.3, -0.25) is 4.79 Å². The lowest BCUT2D eigenvalue weighted by atomic mass is 10.0. The van der Waals surface area contributed by atoms with E-state index in [1.54, 1.807) is 7.05 Å². The second-order valence-electron chi connectivity index (χ2n) is 5.47. The predicted octanol–water partition coefficient (Wildman–Crippen LogP) is 3.21. The monoisotopic (exact) mass is 281 g/mol. The molecule has 20 heavy (non-hydrogen) atoms. The van der Waals surface area contributed by atoms with Crippen molar-refractivity contribution in [2.75, 3.05) is 12.4 Å². The minimum Gasteiger partial charge on any atom is -0.371 e. The molecule has 0 radical (unpaired) electrons. The maximum atomic E-state index is 13.9. The van der Waals surface area contributed by atoms with Crippen molar-refractivity contribution in [3.63, 3.8) is 0 Å². The third-order valence-electron chi connectivity index (χ3n) is 3.17. The van der Waals surface area contributed by atoms with Crippen LogP contribution < -0.4 is 10.6 Å². The smallest absolute Gasteiger partial charge is 0.254 e. The second kappa shape index (κ2) is 7.82. The number of halogens is 1. The van der Waals surface area contributed by atoms with Gasteiger partial charge in [-0.25, -0.2) is 9.37 Å². The summed E-state index contributed by atoms with van der Waals surface area (Å²) < 4.78 is 13.9. The van der Waals surface area contributed by atoms with Gasteiger partial charge in [0.05, 0.1) is 5.56 Å². The number of aromatic nitrogens is 1. The Kier molecular flexibility index (Phi) is 6.42. The average molecular weight is 281 g/mol. The zero-order valence-electron chi connectivity index (χ0n) is 12.7. The number of nitrogens with one attached hydrogen (secondary N) is 2. The molecule has 0 aliphatic rings. The molecule has 1 atom stereocenters. The molecule has 5 heteroatoms. The maximum Gasteiger partial charge on any atom is 0.254 e. The van der Waals surface area contributed by atoms with Gasteiger partial charge in [0.1, 0.15) is 0 Å². The Hall–Kier alpha value is -1.65. The lowest BCUT2D eigenvalue weighted by molar-refractivity contribution is 0.0933. The minimum atomic E-state index is -0.609. The SMILES string of the molecule is CNc1nccc(C(=O)NC(C)CCCC(C)C)c1F. The first-order valence-electron chi connectivity index (χ1n) is 7.08. The van der Waals surface area contributed by atoms with Gasteiger partial charge in [-0.05, 0) is 25.3 Å². The van der Waals surface area contributed by atoms with Gasteiger partial charge in [-0.15, -0.1) is 0 Å². The van der Waals surface area contributed by atoms with E-state index in [0.717, 1.165) is 19.3 Å². The largest absolute Gasteiger partial charge is 0.371 e. The van der Waals surface area contributed by atoms with Gasteiger partial charge in [0.15, 0.2) is 11.6 Å². The summed E-state index contributed by atoms with van der Waals surface area (Å²) in [4.78, 5) is 15.9. The highest BCUT2D eigenvalue weighted by Gasteiger charge is 2.17. The van der Waals surface area contributed by atoms with Crippen LogP contribution in [0.4, 0.5) is 10.2 Å². The fourth-order valence-electron chi connectivity index (χ4n) is 2.00. The Labute approximate surface area is 120 Å². The van der Waals surface area contributed by atoms with Crippen molar-refractivity contribution in [2.24, 2.45) is 5.92 Å². The van der Waals surface area contributed by atoms with Crippen LogP contribution in [0.2, 0.25) is 0 Å². The molecule has 112 valence electrons. The summed E-state index contributed by atoms with van der Waals surface area (Å²) in [7, 11) is 1.57. The van der Waals surface area contributed by atoms with Gasteiger partial charge in [-0.1, -0.05) is 26.7 Å². The molecule has 0 aliphatic carbocycles. The van der Waals surface area contributed by atoms with Crippen LogP contribution in [0.5, 0.6) is 0 Å². The normalized spacial score (nSPS) is 12.3. The molecule has 0 saturated carbocycles. The molecule has 2 N–H and O–H groups in total. The van der Waals surface area contributed by atoms with E-state index >= 15 is 0 Å². The van der Waals surface area contributed by atoms with Gasteiger partial charge in [0.25, 0.3) is 5.91 Å². The van der Waals surface area contributed by atoms with Crippen LogP contribution in [0.3, 0.4) is 0 Å². The topological polar surface area (TPSA) is 54.0 Å². The molecule has 0 spiro atoms. The zero-order valence-corrected chi connectivity index (χ0v) is 12.7. The Balaban J connectivity index is 2.58. The predicted molar refractivity (Wildman–Crippen MR) is 79.4 cm³/mol. The van der Waals surface area contributed by atoms with E-state index in [0.29, 0.717) is 5.92 Å². The highest BCUT2D eigenvalue weighted by atomic mass is 19.1. The molecule has 4 nitrogen and oxygen atoms in total. The van der Waals surface area contributed by atoms with Gasteiger partial charge in [0.2, 0.25) is 0 Å². The summed E-state index contributed by atoms with van der Waals surface area (Å²) >= 11 is 0. The number of hydrogen-bond acceptors (Lipinski definition) is 3. The van der Waals surface area contributed by atoms with Crippen molar-refractivity contribution in [3.8, 4) is 0 Å². The van der Waals surface area contributed by atoms with E-state index < -0.39 is 11.7 Å². The molecule has 1 aromatic rings. The molecule has 1 rings (SSSR count). The van der Waals surface area contributed by atoms with E-state index in [9.17, 15) is 9.18 Å². The highest BCUT2D eigenvalue weighted by Crippen LogP contribution is 2.15. The first-order chi connectivity index (χ1) is 9.45.